The van der Waals surface area contributed by atoms with Crippen LogP contribution in [0.25, 0.3) is 11.0 Å². The summed E-state index contributed by atoms with van der Waals surface area (Å²) in [5, 5.41) is 0.774. The molecule has 2 nitrogen and oxygen atoms in total. The number of nitrogens with zero attached hydrogens (tertiary/aromatic N) is 2. The highest BCUT2D eigenvalue weighted by molar-refractivity contribution is 6.31. The summed E-state index contributed by atoms with van der Waals surface area (Å²) in [7, 11) is 0. The molecule has 0 atom stereocenters. The van der Waals surface area contributed by atoms with Gasteiger partial charge in [0.2, 0.25) is 0 Å². The van der Waals surface area contributed by atoms with Gasteiger partial charge in [-0.15, -0.1) is 0 Å². The molecule has 0 N–H and O–H groups in total. The zero-order chi connectivity index (χ0) is 11.1. The molecule has 2 aromatic rings. The van der Waals surface area contributed by atoms with Crippen molar-refractivity contribution in [2.24, 2.45) is 0 Å². The van der Waals surface area contributed by atoms with Crippen LogP contribution in [-0.2, 0) is 6.54 Å². The molecule has 0 aliphatic heterocycles. The second kappa shape index (κ2) is 3.77. The summed E-state index contributed by atoms with van der Waals surface area (Å²) in [6, 6.07) is 6.01. The third kappa shape index (κ3) is 1.61. The topological polar surface area (TPSA) is 17.8 Å². The Morgan fingerprint density at radius 1 is 1.44 bits per heavy atom. The number of aryl methyl sites for hydroxylation is 1. The molecule has 0 unspecified atom stereocenters. The molecule has 1 aromatic carbocycles. The van der Waals surface area contributed by atoms with Crippen LogP contribution in [0.4, 0.5) is 0 Å². The average molecular weight is 235 g/mol. The second-order valence-electron chi connectivity index (χ2n) is 4.53. The molecule has 84 valence electrons. The van der Waals surface area contributed by atoms with Crippen molar-refractivity contribution in [2.45, 2.75) is 38.6 Å². The van der Waals surface area contributed by atoms with Gasteiger partial charge in [-0.05, 0) is 37.5 Å². The summed E-state index contributed by atoms with van der Waals surface area (Å²) in [4.78, 5) is 4.73. The molecule has 3 heteroatoms. The average Bonchev–Trinajstić information content (AvgIpc) is 3.04. The summed E-state index contributed by atoms with van der Waals surface area (Å²) in [5.41, 5.74) is 2.27. The first kappa shape index (κ1) is 10.2. The van der Waals surface area contributed by atoms with E-state index in [1.165, 1.54) is 24.2 Å². The van der Waals surface area contributed by atoms with E-state index in [0.29, 0.717) is 5.92 Å². The van der Waals surface area contributed by atoms with Gasteiger partial charge in [-0.3, -0.25) is 0 Å². The Hall–Kier alpha value is -1.02. The van der Waals surface area contributed by atoms with Gasteiger partial charge in [-0.25, -0.2) is 4.98 Å². The van der Waals surface area contributed by atoms with Crippen LogP contribution < -0.4 is 0 Å². The third-order valence-corrected chi connectivity index (χ3v) is 3.36. The zero-order valence-electron chi connectivity index (χ0n) is 9.41. The minimum absolute atomic E-state index is 0.692. The van der Waals surface area contributed by atoms with Gasteiger partial charge >= 0.3 is 0 Å². The lowest BCUT2D eigenvalue weighted by atomic mass is 10.3. The normalized spacial score (nSPS) is 15.9. The Labute approximate surface area is 100 Å². The van der Waals surface area contributed by atoms with Crippen LogP contribution in [0.1, 0.15) is 37.9 Å². The molecule has 0 amide bonds. The molecule has 1 aliphatic carbocycles. The smallest absolute Gasteiger partial charge is 0.112 e. The molecule has 0 spiro atoms. The maximum absolute atomic E-state index is 6.00. The SMILES string of the molecule is CCCn1c(C2CC2)nc2cc(Cl)ccc21. The predicted octanol–water partition coefficient (Wildman–Crippen LogP) is 3.98. The Bertz CT molecular complexity index is 526. The van der Waals surface area contributed by atoms with Gasteiger partial charge in [0.25, 0.3) is 0 Å². The molecule has 1 aliphatic rings. The number of rotatable bonds is 3. The minimum Gasteiger partial charge on any atom is -0.328 e. The molecule has 0 saturated heterocycles. The number of hydrogen-bond acceptors (Lipinski definition) is 1. The molecule has 1 fully saturated rings. The maximum Gasteiger partial charge on any atom is 0.112 e. The first-order valence-electron chi connectivity index (χ1n) is 5.95. The van der Waals surface area contributed by atoms with Gasteiger partial charge in [0.15, 0.2) is 0 Å². The number of benzene rings is 1. The molecular formula is C13H15ClN2. The fourth-order valence-electron chi connectivity index (χ4n) is 2.23. The molecule has 3 rings (SSSR count). The molecular weight excluding hydrogens is 220 g/mol. The first-order valence-corrected chi connectivity index (χ1v) is 6.33. The van der Waals surface area contributed by atoms with Gasteiger partial charge in [0.05, 0.1) is 11.0 Å². The third-order valence-electron chi connectivity index (χ3n) is 3.13. The Morgan fingerprint density at radius 3 is 2.94 bits per heavy atom. The van der Waals surface area contributed by atoms with Crippen LogP contribution in [0.2, 0.25) is 5.02 Å². The van der Waals surface area contributed by atoms with Crippen molar-refractivity contribution in [3.8, 4) is 0 Å². The van der Waals surface area contributed by atoms with Crippen LogP contribution in [0, 0.1) is 0 Å². The highest BCUT2D eigenvalue weighted by atomic mass is 35.5. The zero-order valence-corrected chi connectivity index (χ0v) is 10.2. The maximum atomic E-state index is 6.00. The predicted molar refractivity (Wildman–Crippen MR) is 67.0 cm³/mol. The van der Waals surface area contributed by atoms with Crippen molar-refractivity contribution in [3.63, 3.8) is 0 Å². The van der Waals surface area contributed by atoms with Gasteiger partial charge in [0, 0.05) is 17.5 Å². The summed E-state index contributed by atoms with van der Waals surface area (Å²) in [5.74, 6) is 1.96. The first-order chi connectivity index (χ1) is 7.79. The van der Waals surface area contributed by atoms with Crippen LogP contribution in [0.5, 0.6) is 0 Å². The van der Waals surface area contributed by atoms with Gasteiger partial charge in [-0.1, -0.05) is 18.5 Å². The lowest BCUT2D eigenvalue weighted by Crippen LogP contribution is -2.01. The summed E-state index contributed by atoms with van der Waals surface area (Å²) < 4.78 is 2.36. The van der Waals surface area contributed by atoms with Crippen LogP contribution in [-0.4, -0.2) is 9.55 Å². The van der Waals surface area contributed by atoms with Crippen molar-refractivity contribution in [2.75, 3.05) is 0 Å². The Kier molecular flexibility index (Phi) is 2.40. The van der Waals surface area contributed by atoms with E-state index < -0.39 is 0 Å². The van der Waals surface area contributed by atoms with Crippen molar-refractivity contribution in [3.05, 3.63) is 29.0 Å². The summed E-state index contributed by atoms with van der Waals surface area (Å²) in [6.45, 7) is 3.27. The number of hydrogen-bond donors (Lipinski definition) is 0. The van der Waals surface area contributed by atoms with E-state index in [9.17, 15) is 0 Å². The van der Waals surface area contributed by atoms with Crippen molar-refractivity contribution in [1.29, 1.82) is 0 Å². The molecule has 16 heavy (non-hydrogen) atoms. The fourth-order valence-corrected chi connectivity index (χ4v) is 2.40. The molecule has 1 aromatic heterocycles. The summed E-state index contributed by atoms with van der Waals surface area (Å²) in [6.07, 6.45) is 3.73. The van der Waals surface area contributed by atoms with Crippen LogP contribution in [0.15, 0.2) is 18.2 Å². The highest BCUT2D eigenvalue weighted by Gasteiger charge is 2.29. The van der Waals surface area contributed by atoms with E-state index in [1.54, 1.807) is 0 Å². The summed E-state index contributed by atoms with van der Waals surface area (Å²) >= 11 is 6.00. The number of halogens is 1. The standard InChI is InChI=1S/C13H15ClN2/c1-2-7-16-12-6-5-10(14)8-11(12)15-13(16)9-3-4-9/h5-6,8-9H,2-4,7H2,1H3. The number of fused-ring (bicyclic) bond motifs is 1. The molecule has 0 bridgehead atoms. The Balaban J connectivity index is 2.19. The molecule has 1 saturated carbocycles. The van der Waals surface area contributed by atoms with Crippen molar-refractivity contribution < 1.29 is 0 Å². The van der Waals surface area contributed by atoms with E-state index >= 15 is 0 Å². The quantitative estimate of drug-likeness (QED) is 0.786. The van der Waals surface area contributed by atoms with Gasteiger partial charge < -0.3 is 4.57 Å². The largest absolute Gasteiger partial charge is 0.328 e. The minimum atomic E-state index is 0.692. The molecule has 0 radical (unpaired) electrons. The lowest BCUT2D eigenvalue weighted by Gasteiger charge is -2.06. The second-order valence-corrected chi connectivity index (χ2v) is 4.97. The van der Waals surface area contributed by atoms with Crippen molar-refractivity contribution in [1.82, 2.24) is 9.55 Å². The van der Waals surface area contributed by atoms with E-state index in [4.69, 9.17) is 16.6 Å². The van der Waals surface area contributed by atoms with E-state index in [0.717, 1.165) is 23.5 Å². The number of imidazole rings is 1. The van der Waals surface area contributed by atoms with Gasteiger partial charge in [0.1, 0.15) is 5.82 Å². The van der Waals surface area contributed by atoms with E-state index in [2.05, 4.69) is 17.6 Å². The van der Waals surface area contributed by atoms with Crippen molar-refractivity contribution >= 4 is 22.6 Å². The number of aromatic nitrogens is 2. The Morgan fingerprint density at radius 2 is 2.25 bits per heavy atom. The lowest BCUT2D eigenvalue weighted by molar-refractivity contribution is 0.656. The fraction of sp³-hybridized carbons (Fsp3) is 0.462. The monoisotopic (exact) mass is 234 g/mol. The van der Waals surface area contributed by atoms with E-state index in [-0.39, 0.29) is 0 Å². The van der Waals surface area contributed by atoms with Gasteiger partial charge in [-0.2, -0.15) is 0 Å². The highest BCUT2D eigenvalue weighted by Crippen LogP contribution is 2.40. The molecule has 1 heterocycles. The van der Waals surface area contributed by atoms with Crippen LogP contribution >= 0.6 is 11.6 Å². The van der Waals surface area contributed by atoms with Crippen LogP contribution in [0.3, 0.4) is 0 Å². The van der Waals surface area contributed by atoms with E-state index in [1.807, 2.05) is 12.1 Å².